The number of hydrogen-bond donors (Lipinski definition) is 2. The third-order valence-corrected chi connectivity index (χ3v) is 9.20. The number of rotatable bonds is 15. The molecule has 5 rings (SSSR count). The molecule has 0 bridgehead atoms. The number of anilines is 1. The van der Waals surface area contributed by atoms with Gasteiger partial charge in [-0.05, 0) is 82.4 Å². The van der Waals surface area contributed by atoms with E-state index in [-0.39, 0.29) is 6.09 Å². The number of carbonyl (C=O) groups is 1. The molecule has 2 N–H and O–H groups in total. The molecule has 1 aliphatic rings. The molecule has 0 spiro atoms. The van der Waals surface area contributed by atoms with Gasteiger partial charge < -0.3 is 19.5 Å². The van der Waals surface area contributed by atoms with Gasteiger partial charge in [0.25, 0.3) is 0 Å². The van der Waals surface area contributed by atoms with Crippen molar-refractivity contribution in [3.63, 3.8) is 0 Å². The molecule has 2 heterocycles. The van der Waals surface area contributed by atoms with Crippen LogP contribution in [0.3, 0.4) is 0 Å². The first-order valence-corrected chi connectivity index (χ1v) is 16.6. The van der Waals surface area contributed by atoms with Gasteiger partial charge >= 0.3 is 6.09 Å². The number of ether oxygens (including phenoxy) is 1. The van der Waals surface area contributed by atoms with Gasteiger partial charge in [-0.2, -0.15) is 0 Å². The maximum absolute atomic E-state index is 12.9. The van der Waals surface area contributed by atoms with Crippen molar-refractivity contribution in [2.24, 2.45) is 0 Å². The molecule has 0 atom stereocenters. The molecule has 6 heteroatoms. The maximum atomic E-state index is 12.9. The van der Waals surface area contributed by atoms with Gasteiger partial charge in [-0.3, -0.25) is 5.32 Å². The molecule has 0 radical (unpaired) electrons. The van der Waals surface area contributed by atoms with Gasteiger partial charge in [0, 0.05) is 42.3 Å². The fourth-order valence-electron chi connectivity index (χ4n) is 6.36. The lowest BCUT2D eigenvalue weighted by Gasteiger charge is -2.38. The van der Waals surface area contributed by atoms with Crippen molar-refractivity contribution in [1.29, 1.82) is 0 Å². The summed E-state index contributed by atoms with van der Waals surface area (Å²) in [5.74, 6) is 0. The topological polar surface area (TPSA) is 60.6 Å². The van der Waals surface area contributed by atoms with Crippen molar-refractivity contribution in [1.82, 2.24) is 14.8 Å². The number of hydrogen-bond acceptors (Lipinski definition) is 4. The van der Waals surface area contributed by atoms with Crippen LogP contribution in [0.5, 0.6) is 0 Å². The highest BCUT2D eigenvalue weighted by Gasteiger charge is 2.33. The summed E-state index contributed by atoms with van der Waals surface area (Å²) in [5.41, 5.74) is 5.07. The second kappa shape index (κ2) is 15.9. The van der Waals surface area contributed by atoms with Crippen LogP contribution in [0.4, 0.5) is 10.5 Å². The Balaban J connectivity index is 0.906. The van der Waals surface area contributed by atoms with Gasteiger partial charge in [-0.1, -0.05) is 92.4 Å². The molecule has 0 unspecified atom stereocenters. The number of nitrogens with zero attached hydrogens (tertiary/aromatic N) is 2. The number of amides is 1. The number of likely N-dealkylation sites (N-methyl/N-ethyl adjacent to an activating group) is 1. The highest BCUT2D eigenvalue weighted by molar-refractivity contribution is 5.91. The van der Waals surface area contributed by atoms with Crippen LogP contribution in [0.15, 0.2) is 85.1 Å². The van der Waals surface area contributed by atoms with E-state index in [1.165, 1.54) is 61.5 Å². The summed E-state index contributed by atoms with van der Waals surface area (Å²) in [6.07, 6.45) is 12.4. The van der Waals surface area contributed by atoms with Gasteiger partial charge in [-0.15, -0.1) is 0 Å². The standard InChI is InChI=1S/C38H50N4O2/c1-38(44-37(43)40-36-21-13-11-18-33(36)31-16-8-7-9-17-31)23-28-42(29-24-38)26-15-6-4-3-5-14-25-41(2)27-22-32-30-39-35-20-12-10-19-34(32)35/h7-13,16-21,30,39H,3-6,14-15,22-29H2,1-2H3,(H,40,43). The molecule has 44 heavy (non-hydrogen) atoms. The lowest BCUT2D eigenvalue weighted by Crippen LogP contribution is -2.46. The van der Waals surface area contributed by atoms with Crippen LogP contribution in [0.1, 0.15) is 63.9 Å². The van der Waals surface area contributed by atoms with Crippen molar-refractivity contribution in [2.75, 3.05) is 45.1 Å². The lowest BCUT2D eigenvalue weighted by atomic mass is 9.93. The Bertz CT molecular complexity index is 1440. The predicted molar refractivity (Wildman–Crippen MR) is 183 cm³/mol. The van der Waals surface area contributed by atoms with E-state index in [2.05, 4.69) is 76.7 Å². The third-order valence-electron chi connectivity index (χ3n) is 9.20. The Morgan fingerprint density at radius 1 is 0.864 bits per heavy atom. The fraction of sp³-hybridized carbons (Fsp3) is 0.447. The highest BCUT2D eigenvalue weighted by atomic mass is 16.6. The summed E-state index contributed by atoms with van der Waals surface area (Å²) in [5, 5.41) is 4.36. The second-order valence-electron chi connectivity index (χ2n) is 12.8. The number of benzene rings is 3. The minimum atomic E-state index is -0.426. The van der Waals surface area contributed by atoms with Crippen molar-refractivity contribution >= 4 is 22.7 Å². The first-order valence-electron chi connectivity index (χ1n) is 16.6. The normalized spacial score (nSPS) is 15.1. The smallest absolute Gasteiger partial charge is 0.412 e. The zero-order valence-electron chi connectivity index (χ0n) is 26.7. The van der Waals surface area contributed by atoms with E-state index in [0.717, 1.165) is 62.3 Å². The Labute approximate surface area is 263 Å². The molecule has 1 saturated heterocycles. The van der Waals surface area contributed by atoms with Crippen LogP contribution in [-0.2, 0) is 11.2 Å². The van der Waals surface area contributed by atoms with Gasteiger partial charge in [-0.25, -0.2) is 4.79 Å². The molecule has 234 valence electrons. The number of piperidine rings is 1. The van der Waals surface area contributed by atoms with E-state index in [4.69, 9.17) is 4.74 Å². The van der Waals surface area contributed by atoms with E-state index in [0.29, 0.717) is 0 Å². The minimum absolute atomic E-state index is 0.371. The Hall–Kier alpha value is -3.61. The molecule has 3 aromatic carbocycles. The summed E-state index contributed by atoms with van der Waals surface area (Å²) in [4.78, 5) is 21.3. The number of unbranched alkanes of at least 4 members (excludes halogenated alkanes) is 5. The third kappa shape index (κ3) is 9.20. The average molecular weight is 595 g/mol. The molecule has 1 amide bonds. The number of fused-ring (bicyclic) bond motifs is 1. The minimum Gasteiger partial charge on any atom is -0.443 e. The molecular weight excluding hydrogens is 544 g/mol. The van der Waals surface area contributed by atoms with Crippen LogP contribution in [0.25, 0.3) is 22.0 Å². The van der Waals surface area contributed by atoms with Crippen molar-refractivity contribution in [3.8, 4) is 11.1 Å². The molecule has 0 saturated carbocycles. The first-order chi connectivity index (χ1) is 21.5. The molecule has 4 aromatic rings. The number of para-hydroxylation sites is 2. The average Bonchev–Trinajstić information content (AvgIpc) is 3.46. The second-order valence-corrected chi connectivity index (χ2v) is 12.8. The number of nitrogens with one attached hydrogen (secondary N) is 2. The molecular formula is C38H50N4O2. The van der Waals surface area contributed by atoms with Gasteiger partial charge in [0.15, 0.2) is 0 Å². The maximum Gasteiger partial charge on any atom is 0.412 e. The summed E-state index contributed by atoms with van der Waals surface area (Å²) in [7, 11) is 2.25. The monoisotopic (exact) mass is 594 g/mol. The SMILES string of the molecule is CN(CCCCCCCCN1CCC(C)(OC(=O)Nc2ccccc2-c2ccccc2)CC1)CCc1c[nH]c2ccccc12. The quantitative estimate of drug-likeness (QED) is 0.135. The van der Waals surface area contributed by atoms with Crippen LogP contribution >= 0.6 is 0 Å². The Kier molecular flexibility index (Phi) is 11.5. The van der Waals surface area contributed by atoms with E-state index in [9.17, 15) is 4.79 Å². The molecule has 1 aromatic heterocycles. The van der Waals surface area contributed by atoms with E-state index in [1.54, 1.807) is 0 Å². The van der Waals surface area contributed by atoms with Crippen molar-refractivity contribution < 1.29 is 9.53 Å². The summed E-state index contributed by atoms with van der Waals surface area (Å²) in [6.45, 7) is 7.46. The van der Waals surface area contributed by atoms with Crippen LogP contribution < -0.4 is 5.32 Å². The largest absolute Gasteiger partial charge is 0.443 e. The number of aromatic amines is 1. The van der Waals surface area contributed by atoms with E-state index < -0.39 is 5.60 Å². The van der Waals surface area contributed by atoms with Gasteiger partial charge in [0.05, 0.1) is 5.69 Å². The molecule has 1 aliphatic heterocycles. The number of likely N-dealkylation sites (tertiary alicyclic amines) is 1. The summed E-state index contributed by atoms with van der Waals surface area (Å²) < 4.78 is 5.99. The molecule has 6 nitrogen and oxygen atoms in total. The fourth-order valence-corrected chi connectivity index (χ4v) is 6.36. The number of H-pyrrole nitrogens is 1. The number of carbonyl (C=O) groups excluding carboxylic acids is 1. The zero-order chi connectivity index (χ0) is 30.6. The predicted octanol–water partition coefficient (Wildman–Crippen LogP) is 8.75. The first kappa shape index (κ1) is 31.8. The lowest BCUT2D eigenvalue weighted by molar-refractivity contribution is -0.0163. The highest BCUT2D eigenvalue weighted by Crippen LogP contribution is 2.30. The van der Waals surface area contributed by atoms with Gasteiger partial charge in [0.1, 0.15) is 5.60 Å². The summed E-state index contributed by atoms with van der Waals surface area (Å²) >= 11 is 0. The van der Waals surface area contributed by atoms with Crippen LogP contribution in [-0.4, -0.2) is 66.2 Å². The summed E-state index contributed by atoms with van der Waals surface area (Å²) in [6, 6.07) is 26.6. The van der Waals surface area contributed by atoms with E-state index >= 15 is 0 Å². The Morgan fingerprint density at radius 2 is 1.55 bits per heavy atom. The molecule has 1 fully saturated rings. The number of aromatic nitrogens is 1. The van der Waals surface area contributed by atoms with Crippen molar-refractivity contribution in [2.45, 2.75) is 70.3 Å². The van der Waals surface area contributed by atoms with Crippen molar-refractivity contribution in [3.05, 3.63) is 90.6 Å². The van der Waals surface area contributed by atoms with E-state index in [1.807, 2.05) is 42.5 Å². The van der Waals surface area contributed by atoms with Crippen LogP contribution in [0, 0.1) is 0 Å². The zero-order valence-corrected chi connectivity index (χ0v) is 26.7. The Morgan fingerprint density at radius 3 is 2.36 bits per heavy atom. The molecule has 0 aliphatic carbocycles. The van der Waals surface area contributed by atoms with Crippen LogP contribution in [0.2, 0.25) is 0 Å². The van der Waals surface area contributed by atoms with Gasteiger partial charge in [0.2, 0.25) is 0 Å².